The zero-order valence-corrected chi connectivity index (χ0v) is 13.1. The van der Waals surface area contributed by atoms with Crippen LogP contribution in [0.5, 0.6) is 0 Å². The van der Waals surface area contributed by atoms with E-state index in [1.54, 1.807) is 17.0 Å². The minimum atomic E-state index is -3.88. The fourth-order valence-corrected chi connectivity index (χ4v) is 3.62. The standard InChI is InChI=1S/C15H22N2O3S/c1-2-5-12-8-10-17(11-9-12)15(18)13-6-3-4-7-14(13)21(16,19)20/h3-4,6-7,12H,2,5,8-11H2,1H3,(H2,16,19,20). The highest BCUT2D eigenvalue weighted by molar-refractivity contribution is 7.89. The number of primary sulfonamides is 1. The number of piperidine rings is 1. The first kappa shape index (κ1) is 16.0. The number of likely N-dealkylation sites (tertiary alicyclic amines) is 1. The molecule has 1 aliphatic rings. The lowest BCUT2D eigenvalue weighted by Crippen LogP contribution is -2.39. The molecular formula is C15H22N2O3S. The van der Waals surface area contributed by atoms with Gasteiger partial charge in [-0.15, -0.1) is 0 Å². The smallest absolute Gasteiger partial charge is 0.255 e. The number of carbonyl (C=O) groups is 1. The maximum Gasteiger partial charge on any atom is 0.255 e. The minimum Gasteiger partial charge on any atom is -0.339 e. The topological polar surface area (TPSA) is 80.5 Å². The Morgan fingerprint density at radius 3 is 2.48 bits per heavy atom. The van der Waals surface area contributed by atoms with Crippen LogP contribution in [0, 0.1) is 5.92 Å². The van der Waals surface area contributed by atoms with Gasteiger partial charge in [-0.1, -0.05) is 31.9 Å². The summed E-state index contributed by atoms with van der Waals surface area (Å²) in [5.74, 6) is 0.433. The molecule has 0 bridgehead atoms. The van der Waals surface area contributed by atoms with Gasteiger partial charge in [-0.25, -0.2) is 13.6 Å². The van der Waals surface area contributed by atoms with E-state index in [4.69, 9.17) is 5.14 Å². The Morgan fingerprint density at radius 2 is 1.90 bits per heavy atom. The Balaban J connectivity index is 2.15. The Morgan fingerprint density at radius 1 is 1.29 bits per heavy atom. The van der Waals surface area contributed by atoms with Gasteiger partial charge in [0, 0.05) is 13.1 Å². The number of sulfonamides is 1. The van der Waals surface area contributed by atoms with Gasteiger partial charge in [-0.3, -0.25) is 4.79 Å². The summed E-state index contributed by atoms with van der Waals surface area (Å²) in [5.41, 5.74) is 0.175. The third kappa shape index (κ3) is 3.83. The summed E-state index contributed by atoms with van der Waals surface area (Å²) < 4.78 is 23.2. The van der Waals surface area contributed by atoms with E-state index in [2.05, 4.69) is 6.92 Å². The van der Waals surface area contributed by atoms with E-state index in [0.29, 0.717) is 19.0 Å². The first-order valence-corrected chi connectivity index (χ1v) is 8.89. The van der Waals surface area contributed by atoms with E-state index in [0.717, 1.165) is 19.3 Å². The number of benzene rings is 1. The second-order valence-corrected chi connectivity index (χ2v) is 7.10. The second-order valence-electron chi connectivity index (χ2n) is 5.57. The van der Waals surface area contributed by atoms with Gasteiger partial charge in [-0.2, -0.15) is 0 Å². The summed E-state index contributed by atoms with van der Waals surface area (Å²) in [7, 11) is -3.88. The summed E-state index contributed by atoms with van der Waals surface area (Å²) in [5, 5.41) is 5.19. The molecule has 1 aliphatic heterocycles. The van der Waals surface area contributed by atoms with Crippen LogP contribution in [0.4, 0.5) is 0 Å². The minimum absolute atomic E-state index is 0.0920. The van der Waals surface area contributed by atoms with E-state index >= 15 is 0 Å². The van der Waals surface area contributed by atoms with Crippen molar-refractivity contribution < 1.29 is 13.2 Å². The van der Waals surface area contributed by atoms with E-state index in [-0.39, 0.29) is 16.4 Å². The predicted octanol–water partition coefficient (Wildman–Crippen LogP) is 1.99. The third-order valence-corrected chi connectivity index (χ3v) is 4.99. The van der Waals surface area contributed by atoms with Crippen LogP contribution in [0.1, 0.15) is 43.0 Å². The van der Waals surface area contributed by atoms with Gasteiger partial charge in [0.2, 0.25) is 10.0 Å². The van der Waals surface area contributed by atoms with Crippen molar-refractivity contribution >= 4 is 15.9 Å². The molecule has 1 heterocycles. The van der Waals surface area contributed by atoms with Crippen LogP contribution in [-0.2, 0) is 10.0 Å². The molecule has 1 aromatic rings. The maximum atomic E-state index is 12.5. The predicted molar refractivity (Wildman–Crippen MR) is 81.4 cm³/mol. The average Bonchev–Trinajstić information content (AvgIpc) is 2.47. The van der Waals surface area contributed by atoms with Crippen molar-refractivity contribution in [3.63, 3.8) is 0 Å². The van der Waals surface area contributed by atoms with Crippen LogP contribution in [0.25, 0.3) is 0 Å². The van der Waals surface area contributed by atoms with Gasteiger partial charge >= 0.3 is 0 Å². The summed E-state index contributed by atoms with van der Waals surface area (Å²) in [4.78, 5) is 14.2. The van der Waals surface area contributed by atoms with Gasteiger partial charge in [0.05, 0.1) is 10.5 Å². The Bertz CT molecular complexity index is 605. The molecule has 0 radical (unpaired) electrons. The first-order chi connectivity index (χ1) is 9.93. The molecule has 116 valence electrons. The molecule has 0 spiro atoms. The Hall–Kier alpha value is -1.40. The molecule has 0 unspecified atom stereocenters. The number of amides is 1. The highest BCUT2D eigenvalue weighted by Crippen LogP contribution is 2.24. The second kappa shape index (κ2) is 6.58. The van der Waals surface area contributed by atoms with Crippen molar-refractivity contribution in [2.24, 2.45) is 11.1 Å². The van der Waals surface area contributed by atoms with Crippen LogP contribution in [0.3, 0.4) is 0 Å². The zero-order valence-electron chi connectivity index (χ0n) is 12.3. The third-order valence-electron chi connectivity index (χ3n) is 4.02. The molecule has 0 aliphatic carbocycles. The lowest BCUT2D eigenvalue weighted by molar-refractivity contribution is 0.0682. The maximum absolute atomic E-state index is 12.5. The Labute approximate surface area is 126 Å². The number of nitrogens with zero attached hydrogens (tertiary/aromatic N) is 1. The summed E-state index contributed by atoms with van der Waals surface area (Å²) in [6.07, 6.45) is 4.32. The van der Waals surface area contributed by atoms with Crippen LogP contribution in [0.15, 0.2) is 29.2 Å². The molecule has 1 aromatic carbocycles. The van der Waals surface area contributed by atoms with Crippen LogP contribution < -0.4 is 5.14 Å². The van der Waals surface area contributed by atoms with Crippen LogP contribution in [-0.4, -0.2) is 32.3 Å². The molecule has 1 amide bonds. The van der Waals surface area contributed by atoms with Gasteiger partial charge < -0.3 is 4.90 Å². The quantitative estimate of drug-likeness (QED) is 0.923. The lowest BCUT2D eigenvalue weighted by Gasteiger charge is -2.32. The average molecular weight is 310 g/mol. The number of nitrogens with two attached hydrogens (primary N) is 1. The molecule has 0 aromatic heterocycles. The molecule has 1 saturated heterocycles. The van der Waals surface area contributed by atoms with E-state index in [9.17, 15) is 13.2 Å². The molecule has 2 rings (SSSR count). The summed E-state index contributed by atoms with van der Waals surface area (Å²) >= 11 is 0. The van der Waals surface area contributed by atoms with Gasteiger partial charge in [-0.05, 0) is 30.9 Å². The molecular weight excluding hydrogens is 288 g/mol. The van der Waals surface area contributed by atoms with Gasteiger partial charge in [0.15, 0.2) is 0 Å². The van der Waals surface area contributed by atoms with Crippen LogP contribution in [0.2, 0.25) is 0 Å². The van der Waals surface area contributed by atoms with Crippen molar-refractivity contribution in [1.82, 2.24) is 4.90 Å². The van der Waals surface area contributed by atoms with Crippen molar-refractivity contribution in [1.29, 1.82) is 0 Å². The normalized spacial score (nSPS) is 17.0. The number of carbonyl (C=O) groups excluding carboxylic acids is 1. The van der Waals surface area contributed by atoms with E-state index in [1.807, 2.05) is 0 Å². The molecule has 0 saturated carbocycles. The van der Waals surface area contributed by atoms with E-state index < -0.39 is 10.0 Å². The molecule has 1 fully saturated rings. The van der Waals surface area contributed by atoms with Crippen molar-refractivity contribution in [2.45, 2.75) is 37.5 Å². The van der Waals surface area contributed by atoms with Crippen LogP contribution >= 0.6 is 0 Å². The molecule has 21 heavy (non-hydrogen) atoms. The highest BCUT2D eigenvalue weighted by Gasteiger charge is 2.26. The fraction of sp³-hybridized carbons (Fsp3) is 0.533. The van der Waals surface area contributed by atoms with E-state index in [1.165, 1.54) is 18.6 Å². The monoisotopic (exact) mass is 310 g/mol. The lowest BCUT2D eigenvalue weighted by atomic mass is 9.92. The van der Waals surface area contributed by atoms with Crippen molar-refractivity contribution in [3.8, 4) is 0 Å². The molecule has 5 nitrogen and oxygen atoms in total. The molecule has 0 atom stereocenters. The van der Waals surface area contributed by atoms with Gasteiger partial charge in [0.25, 0.3) is 5.91 Å². The van der Waals surface area contributed by atoms with Crippen molar-refractivity contribution in [2.75, 3.05) is 13.1 Å². The van der Waals surface area contributed by atoms with Gasteiger partial charge in [0.1, 0.15) is 0 Å². The molecule has 2 N–H and O–H groups in total. The summed E-state index contributed by atoms with van der Waals surface area (Å²) in [6.45, 7) is 3.53. The Kier molecular flexibility index (Phi) is 5.00. The first-order valence-electron chi connectivity index (χ1n) is 7.34. The zero-order chi connectivity index (χ0) is 15.5. The SMILES string of the molecule is CCCC1CCN(C(=O)c2ccccc2S(N)(=O)=O)CC1. The molecule has 6 heteroatoms. The van der Waals surface area contributed by atoms with Crippen molar-refractivity contribution in [3.05, 3.63) is 29.8 Å². The largest absolute Gasteiger partial charge is 0.339 e. The number of hydrogen-bond acceptors (Lipinski definition) is 3. The summed E-state index contributed by atoms with van der Waals surface area (Å²) in [6, 6.07) is 6.14. The highest BCUT2D eigenvalue weighted by atomic mass is 32.2. The number of hydrogen-bond donors (Lipinski definition) is 1. The number of rotatable bonds is 4. The fourth-order valence-electron chi connectivity index (χ4n) is 2.89.